The van der Waals surface area contributed by atoms with Gasteiger partial charge in [-0.2, -0.15) is 4.39 Å². The van der Waals surface area contributed by atoms with E-state index in [4.69, 9.17) is 0 Å². The van der Waals surface area contributed by atoms with E-state index in [1.807, 2.05) is 54.6 Å². The van der Waals surface area contributed by atoms with Gasteiger partial charge in [-0.3, -0.25) is 18.7 Å². The van der Waals surface area contributed by atoms with Gasteiger partial charge in [0.1, 0.15) is 5.60 Å². The third-order valence-electron chi connectivity index (χ3n) is 6.96. The van der Waals surface area contributed by atoms with Crippen molar-refractivity contribution in [2.24, 2.45) is 13.0 Å². The van der Waals surface area contributed by atoms with Gasteiger partial charge in [0, 0.05) is 32.5 Å². The van der Waals surface area contributed by atoms with E-state index in [0.717, 1.165) is 27.3 Å². The number of carbonyl (C=O) groups is 1. The molecule has 1 N–H and O–H groups in total. The van der Waals surface area contributed by atoms with E-state index in [9.17, 15) is 23.9 Å². The van der Waals surface area contributed by atoms with E-state index in [2.05, 4.69) is 0 Å². The third kappa shape index (κ3) is 4.42. The molecule has 1 amide bonds. The SMILES string of the molecule is Cn1c(=O)c(F)cn(CCCC(=O)N2CCC[C@H]2C(O)(c2ccccc2)C2C=CC=CC2)c1=O. The van der Waals surface area contributed by atoms with Crippen LogP contribution in [0.25, 0.3) is 0 Å². The Bertz CT molecular complexity index is 1220. The van der Waals surface area contributed by atoms with Gasteiger partial charge in [-0.05, 0) is 31.2 Å². The minimum Gasteiger partial charge on any atom is -0.382 e. The van der Waals surface area contributed by atoms with Crippen molar-refractivity contribution >= 4 is 5.91 Å². The normalized spacial score (nSPS) is 21.6. The molecule has 8 heteroatoms. The predicted octanol–water partition coefficient (Wildman–Crippen LogP) is 2.48. The van der Waals surface area contributed by atoms with Crippen LogP contribution in [0, 0.1) is 11.7 Å². The molecule has 0 saturated carbocycles. The van der Waals surface area contributed by atoms with Gasteiger partial charge in [0.05, 0.1) is 12.2 Å². The Kier molecular flexibility index (Phi) is 6.97. The van der Waals surface area contributed by atoms with E-state index >= 15 is 0 Å². The maximum atomic E-state index is 13.8. The van der Waals surface area contributed by atoms with E-state index < -0.39 is 22.7 Å². The summed E-state index contributed by atoms with van der Waals surface area (Å²) in [6.07, 6.45) is 11.5. The zero-order valence-corrected chi connectivity index (χ0v) is 19.3. The first-order valence-corrected chi connectivity index (χ1v) is 11.7. The van der Waals surface area contributed by atoms with Crippen molar-refractivity contribution in [2.75, 3.05) is 6.54 Å². The number of halogens is 1. The number of aliphatic hydroxyl groups is 1. The first kappa shape index (κ1) is 23.9. The number of nitrogens with zero attached hydrogens (tertiary/aromatic N) is 3. The smallest absolute Gasteiger partial charge is 0.330 e. The first-order chi connectivity index (χ1) is 16.3. The Morgan fingerprint density at radius 1 is 1.21 bits per heavy atom. The number of hydrogen-bond acceptors (Lipinski definition) is 4. The highest BCUT2D eigenvalue weighted by Crippen LogP contribution is 2.43. The van der Waals surface area contributed by atoms with Crippen molar-refractivity contribution in [3.05, 3.63) is 93.1 Å². The molecule has 1 saturated heterocycles. The predicted molar refractivity (Wildman–Crippen MR) is 127 cm³/mol. The molecule has 2 heterocycles. The van der Waals surface area contributed by atoms with Crippen LogP contribution in [0.2, 0.25) is 0 Å². The van der Waals surface area contributed by atoms with Crippen molar-refractivity contribution in [3.63, 3.8) is 0 Å². The molecule has 1 aliphatic carbocycles. The highest BCUT2D eigenvalue weighted by molar-refractivity contribution is 5.77. The molecule has 0 radical (unpaired) electrons. The average Bonchev–Trinajstić information content (AvgIpc) is 3.37. The molecule has 4 rings (SSSR count). The number of likely N-dealkylation sites (tertiary alicyclic amines) is 1. The molecule has 7 nitrogen and oxygen atoms in total. The second-order valence-electron chi connectivity index (χ2n) is 9.01. The van der Waals surface area contributed by atoms with Gasteiger partial charge in [0.2, 0.25) is 11.7 Å². The van der Waals surface area contributed by atoms with E-state index in [0.29, 0.717) is 25.8 Å². The number of aryl methyl sites for hydroxylation is 1. The molecule has 2 aliphatic rings. The van der Waals surface area contributed by atoms with E-state index in [-0.39, 0.29) is 30.8 Å². The summed E-state index contributed by atoms with van der Waals surface area (Å²) >= 11 is 0. The number of allylic oxidation sites excluding steroid dienone is 3. The summed E-state index contributed by atoms with van der Waals surface area (Å²) in [6, 6.07) is 9.15. The summed E-state index contributed by atoms with van der Waals surface area (Å²) in [5.41, 5.74) is -2.03. The van der Waals surface area contributed by atoms with Crippen LogP contribution in [-0.4, -0.2) is 37.6 Å². The van der Waals surface area contributed by atoms with Crippen LogP contribution in [-0.2, 0) is 24.0 Å². The van der Waals surface area contributed by atoms with Gasteiger partial charge >= 0.3 is 5.69 Å². The number of hydrogen-bond donors (Lipinski definition) is 1. The summed E-state index contributed by atoms with van der Waals surface area (Å²) in [4.78, 5) is 38.8. The minimum atomic E-state index is -1.23. The molecular weight excluding hydrogens is 437 g/mol. The Balaban J connectivity index is 1.52. The lowest BCUT2D eigenvalue weighted by atomic mass is 9.72. The fourth-order valence-electron chi connectivity index (χ4n) is 5.18. The van der Waals surface area contributed by atoms with E-state index in [1.165, 1.54) is 7.05 Å². The van der Waals surface area contributed by atoms with Gasteiger partial charge in [0.25, 0.3) is 5.56 Å². The number of amides is 1. The number of benzene rings is 1. The zero-order valence-electron chi connectivity index (χ0n) is 19.3. The second kappa shape index (κ2) is 9.93. The zero-order chi connectivity index (χ0) is 24.3. The molecule has 34 heavy (non-hydrogen) atoms. The largest absolute Gasteiger partial charge is 0.382 e. The van der Waals surface area contributed by atoms with Crippen LogP contribution in [0.5, 0.6) is 0 Å². The van der Waals surface area contributed by atoms with Gasteiger partial charge in [-0.1, -0.05) is 54.6 Å². The molecule has 180 valence electrons. The van der Waals surface area contributed by atoms with Crippen LogP contribution in [0.15, 0.2) is 70.4 Å². The first-order valence-electron chi connectivity index (χ1n) is 11.7. The molecule has 3 atom stereocenters. The number of carbonyl (C=O) groups excluding carboxylic acids is 1. The molecule has 0 bridgehead atoms. The van der Waals surface area contributed by atoms with Crippen LogP contribution >= 0.6 is 0 Å². The third-order valence-corrected chi connectivity index (χ3v) is 6.96. The fraction of sp³-hybridized carbons (Fsp3) is 0.423. The lowest BCUT2D eigenvalue weighted by Gasteiger charge is -2.44. The lowest BCUT2D eigenvalue weighted by molar-refractivity contribution is -0.141. The second-order valence-corrected chi connectivity index (χ2v) is 9.01. The summed E-state index contributed by atoms with van der Waals surface area (Å²) in [5.74, 6) is -1.27. The van der Waals surface area contributed by atoms with E-state index in [1.54, 1.807) is 4.90 Å². The Morgan fingerprint density at radius 3 is 2.68 bits per heavy atom. The molecule has 1 fully saturated rings. The van der Waals surface area contributed by atoms with Gasteiger partial charge in [0.15, 0.2) is 0 Å². The van der Waals surface area contributed by atoms with Gasteiger partial charge < -0.3 is 10.0 Å². The summed E-state index contributed by atoms with van der Waals surface area (Å²) in [5, 5.41) is 12.2. The minimum absolute atomic E-state index is 0.106. The summed E-state index contributed by atoms with van der Waals surface area (Å²) in [6.45, 7) is 0.673. The number of rotatable bonds is 7. The Labute approximate surface area is 197 Å². The van der Waals surface area contributed by atoms with Crippen molar-refractivity contribution in [1.29, 1.82) is 0 Å². The highest BCUT2D eigenvalue weighted by atomic mass is 19.1. The maximum absolute atomic E-state index is 13.8. The van der Waals surface area contributed by atoms with Gasteiger partial charge in [-0.15, -0.1) is 0 Å². The maximum Gasteiger partial charge on any atom is 0.330 e. The molecule has 1 aromatic heterocycles. The molecule has 1 aliphatic heterocycles. The molecule has 2 aromatic rings. The average molecular weight is 468 g/mol. The van der Waals surface area contributed by atoms with Crippen molar-refractivity contribution in [3.8, 4) is 0 Å². The standard InChI is InChI=1S/C26H30FN3O4/c1-28-24(32)21(27)18-29(25(28)33)16-9-15-23(31)30-17-8-14-22(30)26(34,19-10-4-2-5-11-19)20-12-6-3-7-13-20/h2-7,10-12,18,20,22,34H,8-9,13-17H2,1H3/t20?,22-,26?/m0/s1. The lowest BCUT2D eigenvalue weighted by Crippen LogP contribution is -2.53. The molecular formula is C26H30FN3O4. The van der Waals surface area contributed by atoms with Crippen molar-refractivity contribution < 1.29 is 14.3 Å². The number of aromatic nitrogens is 2. The monoisotopic (exact) mass is 467 g/mol. The van der Waals surface area contributed by atoms with Gasteiger partial charge in [-0.25, -0.2) is 4.79 Å². The summed E-state index contributed by atoms with van der Waals surface area (Å²) < 4.78 is 15.6. The van der Waals surface area contributed by atoms with Crippen molar-refractivity contribution in [1.82, 2.24) is 14.0 Å². The molecule has 2 unspecified atom stereocenters. The van der Waals surface area contributed by atoms with Crippen LogP contribution < -0.4 is 11.2 Å². The summed E-state index contributed by atoms with van der Waals surface area (Å²) in [7, 11) is 1.23. The highest BCUT2D eigenvalue weighted by Gasteiger charge is 2.49. The van der Waals surface area contributed by atoms with Crippen LogP contribution in [0.1, 0.15) is 37.7 Å². The van der Waals surface area contributed by atoms with Crippen molar-refractivity contribution in [2.45, 2.75) is 50.3 Å². The van der Waals surface area contributed by atoms with Crippen LogP contribution in [0.3, 0.4) is 0 Å². The topological polar surface area (TPSA) is 84.5 Å². The molecule has 1 aromatic carbocycles. The fourth-order valence-corrected chi connectivity index (χ4v) is 5.18. The Morgan fingerprint density at radius 2 is 1.97 bits per heavy atom. The molecule has 0 spiro atoms. The Hall–Kier alpha value is -3.26. The quantitative estimate of drug-likeness (QED) is 0.678. The van der Waals surface area contributed by atoms with Crippen LogP contribution in [0.4, 0.5) is 4.39 Å².